The van der Waals surface area contributed by atoms with Crippen molar-refractivity contribution in [3.63, 3.8) is 0 Å². The molecule has 2 rings (SSSR count). The van der Waals surface area contributed by atoms with Crippen LogP contribution < -0.4 is 5.73 Å². The molecule has 1 unspecified atom stereocenters. The van der Waals surface area contributed by atoms with Gasteiger partial charge in [0.15, 0.2) is 0 Å². The van der Waals surface area contributed by atoms with Crippen molar-refractivity contribution < 1.29 is 8.42 Å². The van der Waals surface area contributed by atoms with Crippen molar-refractivity contribution in [3.05, 3.63) is 29.8 Å². The Balaban J connectivity index is 2.29. The lowest BCUT2D eigenvalue weighted by atomic mass is 10.0. The molecule has 6 heteroatoms. The topological polar surface area (TPSA) is 87.2 Å². The van der Waals surface area contributed by atoms with Gasteiger partial charge in [-0.3, -0.25) is 0 Å². The van der Waals surface area contributed by atoms with Gasteiger partial charge in [-0.25, -0.2) is 8.42 Å². The molecule has 0 aliphatic carbocycles. The maximum atomic E-state index is 12.5. The van der Waals surface area contributed by atoms with Crippen LogP contribution in [0.15, 0.2) is 29.2 Å². The van der Waals surface area contributed by atoms with Crippen molar-refractivity contribution in [1.82, 2.24) is 4.31 Å². The summed E-state index contributed by atoms with van der Waals surface area (Å²) in [4.78, 5) is 0.184. The Kier molecular flexibility index (Phi) is 4.20. The number of nitrogens with two attached hydrogens (primary N) is 1. The number of benzene rings is 1. The van der Waals surface area contributed by atoms with Crippen LogP contribution in [0.2, 0.25) is 0 Å². The highest BCUT2D eigenvalue weighted by Gasteiger charge is 2.29. The third kappa shape index (κ3) is 2.95. The SMILES string of the molecule is N#Cc1cccc(S(=O)(=O)N2CCCC(CN)C2)c1. The predicted molar refractivity (Wildman–Crippen MR) is 71.7 cm³/mol. The molecule has 1 aromatic carbocycles. The molecule has 0 spiro atoms. The summed E-state index contributed by atoms with van der Waals surface area (Å²) in [7, 11) is -3.51. The maximum Gasteiger partial charge on any atom is 0.243 e. The summed E-state index contributed by atoms with van der Waals surface area (Å²) in [5.41, 5.74) is 5.98. The molecule has 0 amide bonds. The second-order valence-corrected chi connectivity index (χ2v) is 6.68. The van der Waals surface area contributed by atoms with Crippen molar-refractivity contribution in [2.75, 3.05) is 19.6 Å². The smallest absolute Gasteiger partial charge is 0.243 e. The zero-order valence-electron chi connectivity index (χ0n) is 10.6. The number of sulfonamides is 1. The molecule has 1 aliphatic heterocycles. The molecule has 1 aliphatic rings. The van der Waals surface area contributed by atoms with E-state index in [4.69, 9.17) is 11.0 Å². The lowest BCUT2D eigenvalue weighted by molar-refractivity contribution is 0.271. The fourth-order valence-corrected chi connectivity index (χ4v) is 3.91. The monoisotopic (exact) mass is 279 g/mol. The quantitative estimate of drug-likeness (QED) is 0.891. The van der Waals surface area contributed by atoms with E-state index in [9.17, 15) is 8.42 Å². The van der Waals surface area contributed by atoms with E-state index in [1.54, 1.807) is 12.1 Å². The molecule has 19 heavy (non-hydrogen) atoms. The molecule has 2 N–H and O–H groups in total. The molecule has 5 nitrogen and oxygen atoms in total. The highest BCUT2D eigenvalue weighted by Crippen LogP contribution is 2.23. The third-order valence-corrected chi connectivity index (χ3v) is 5.28. The number of rotatable bonds is 3. The molecule has 1 atom stereocenters. The minimum atomic E-state index is -3.51. The minimum Gasteiger partial charge on any atom is -0.330 e. The minimum absolute atomic E-state index is 0.184. The van der Waals surface area contributed by atoms with Crippen molar-refractivity contribution in [2.45, 2.75) is 17.7 Å². The van der Waals surface area contributed by atoms with E-state index in [-0.39, 0.29) is 10.8 Å². The first-order chi connectivity index (χ1) is 9.07. The van der Waals surface area contributed by atoms with Gasteiger partial charge in [-0.1, -0.05) is 6.07 Å². The van der Waals surface area contributed by atoms with E-state index in [0.29, 0.717) is 25.2 Å². The number of hydrogen-bond donors (Lipinski definition) is 1. The largest absolute Gasteiger partial charge is 0.330 e. The van der Waals surface area contributed by atoms with Crippen LogP contribution in [0.3, 0.4) is 0 Å². The van der Waals surface area contributed by atoms with Gasteiger partial charge in [0.1, 0.15) is 0 Å². The number of nitriles is 1. The first kappa shape index (κ1) is 14.0. The van der Waals surface area contributed by atoms with Crippen LogP contribution in [0, 0.1) is 17.2 Å². The van der Waals surface area contributed by atoms with Gasteiger partial charge in [0.05, 0.1) is 16.5 Å². The summed E-state index contributed by atoms with van der Waals surface area (Å²) >= 11 is 0. The molecule has 0 saturated carbocycles. The van der Waals surface area contributed by atoms with Crippen molar-refractivity contribution >= 4 is 10.0 Å². The highest BCUT2D eigenvalue weighted by atomic mass is 32.2. The third-order valence-electron chi connectivity index (χ3n) is 3.42. The molecule has 102 valence electrons. The first-order valence-electron chi connectivity index (χ1n) is 6.28. The summed E-state index contributed by atoms with van der Waals surface area (Å²) in [5, 5.41) is 8.84. The fraction of sp³-hybridized carbons (Fsp3) is 0.462. The highest BCUT2D eigenvalue weighted by molar-refractivity contribution is 7.89. The van der Waals surface area contributed by atoms with Crippen LogP contribution in [0.1, 0.15) is 18.4 Å². The fourth-order valence-electron chi connectivity index (χ4n) is 2.31. The number of nitrogens with zero attached hydrogens (tertiary/aromatic N) is 2. The molecule has 0 aromatic heterocycles. The summed E-state index contributed by atoms with van der Waals surface area (Å²) < 4.78 is 26.5. The Hall–Kier alpha value is -1.42. The van der Waals surface area contributed by atoms with Gasteiger partial charge in [0.2, 0.25) is 10.0 Å². The van der Waals surface area contributed by atoms with Crippen LogP contribution >= 0.6 is 0 Å². The van der Waals surface area contributed by atoms with Gasteiger partial charge in [0, 0.05) is 13.1 Å². The van der Waals surface area contributed by atoms with E-state index in [0.717, 1.165) is 12.8 Å². The Morgan fingerprint density at radius 2 is 2.26 bits per heavy atom. The van der Waals surface area contributed by atoms with Crippen LogP contribution in [0.25, 0.3) is 0 Å². The van der Waals surface area contributed by atoms with Crippen LogP contribution in [-0.2, 0) is 10.0 Å². The van der Waals surface area contributed by atoms with Crippen molar-refractivity contribution in [2.24, 2.45) is 11.7 Å². The van der Waals surface area contributed by atoms with Crippen LogP contribution in [-0.4, -0.2) is 32.4 Å². The normalized spacial score (nSPS) is 20.9. The first-order valence-corrected chi connectivity index (χ1v) is 7.72. The summed E-state index contributed by atoms with van der Waals surface area (Å²) in [6.07, 6.45) is 1.81. The van der Waals surface area contributed by atoms with Crippen LogP contribution in [0.5, 0.6) is 0 Å². The van der Waals surface area contributed by atoms with E-state index in [1.807, 2.05) is 6.07 Å². The molecule has 0 bridgehead atoms. The standard InChI is InChI=1S/C13H17N3O2S/c14-8-11-3-1-5-13(7-11)19(17,18)16-6-2-4-12(9-15)10-16/h1,3,5,7,12H,2,4,6,9-10,15H2. The Labute approximate surface area is 113 Å². The zero-order valence-corrected chi connectivity index (χ0v) is 11.4. The Morgan fingerprint density at radius 3 is 2.95 bits per heavy atom. The summed E-state index contributed by atoms with van der Waals surface area (Å²) in [5.74, 6) is 0.225. The van der Waals surface area contributed by atoms with Gasteiger partial charge in [-0.15, -0.1) is 0 Å². The molecule has 1 aromatic rings. The van der Waals surface area contributed by atoms with E-state index in [1.165, 1.54) is 16.4 Å². The van der Waals surface area contributed by atoms with Gasteiger partial charge >= 0.3 is 0 Å². The lowest BCUT2D eigenvalue weighted by Gasteiger charge is -2.31. The van der Waals surface area contributed by atoms with Crippen molar-refractivity contribution in [3.8, 4) is 6.07 Å². The second-order valence-electron chi connectivity index (χ2n) is 4.75. The molecular weight excluding hydrogens is 262 g/mol. The molecular formula is C13H17N3O2S. The molecule has 0 radical (unpaired) electrons. The number of hydrogen-bond acceptors (Lipinski definition) is 4. The summed E-state index contributed by atoms with van der Waals surface area (Å²) in [6.45, 7) is 1.50. The average molecular weight is 279 g/mol. The molecule has 1 saturated heterocycles. The van der Waals surface area contributed by atoms with Crippen molar-refractivity contribution in [1.29, 1.82) is 5.26 Å². The lowest BCUT2D eigenvalue weighted by Crippen LogP contribution is -2.41. The number of piperidine rings is 1. The average Bonchev–Trinajstić information content (AvgIpc) is 2.47. The van der Waals surface area contributed by atoms with Gasteiger partial charge < -0.3 is 5.73 Å². The van der Waals surface area contributed by atoms with Gasteiger partial charge in [-0.2, -0.15) is 9.57 Å². The Bertz CT molecular complexity index is 592. The maximum absolute atomic E-state index is 12.5. The zero-order chi connectivity index (χ0) is 13.9. The van der Waals surface area contributed by atoms with E-state index >= 15 is 0 Å². The molecule has 1 fully saturated rings. The van der Waals surface area contributed by atoms with Gasteiger partial charge in [-0.05, 0) is 43.5 Å². The predicted octanol–water partition coefficient (Wildman–Crippen LogP) is 0.918. The Morgan fingerprint density at radius 1 is 1.47 bits per heavy atom. The molecule has 1 heterocycles. The summed E-state index contributed by atoms with van der Waals surface area (Å²) in [6, 6.07) is 8.10. The van der Waals surface area contributed by atoms with Gasteiger partial charge in [0.25, 0.3) is 0 Å². The van der Waals surface area contributed by atoms with E-state index < -0.39 is 10.0 Å². The second kappa shape index (κ2) is 5.70. The van der Waals surface area contributed by atoms with E-state index in [2.05, 4.69) is 0 Å². The van der Waals surface area contributed by atoms with Crippen LogP contribution in [0.4, 0.5) is 0 Å².